The number of nitrogens with one attached hydrogen (secondary N) is 1. The van der Waals surface area contributed by atoms with Gasteiger partial charge in [0.1, 0.15) is 12.3 Å². The minimum absolute atomic E-state index is 0.0422. The van der Waals surface area contributed by atoms with Crippen LogP contribution >= 0.6 is 7.52 Å². The fraction of sp³-hybridized carbons (Fsp3) is 0.400. The van der Waals surface area contributed by atoms with Crippen molar-refractivity contribution in [2.45, 2.75) is 13.3 Å². The quantitative estimate of drug-likeness (QED) is 0.411. The lowest BCUT2D eigenvalue weighted by atomic mass is 10.3. The highest BCUT2D eigenvalue weighted by Crippen LogP contribution is 2.43. The molecule has 0 saturated heterocycles. The van der Waals surface area contributed by atoms with E-state index in [0.29, 0.717) is 12.2 Å². The first kappa shape index (κ1) is 18.4. The van der Waals surface area contributed by atoms with Crippen LogP contribution < -0.4 is 9.61 Å². The molecule has 1 atom stereocenters. The van der Waals surface area contributed by atoms with Crippen molar-refractivity contribution < 1.29 is 23.7 Å². The first-order valence-electron chi connectivity index (χ1n) is 6.91. The summed E-state index contributed by atoms with van der Waals surface area (Å²) in [5.74, 6) is -0.0509. The molecule has 1 aromatic rings. The molecular formula is C15H22NO5P. The van der Waals surface area contributed by atoms with Crippen molar-refractivity contribution in [1.29, 1.82) is 0 Å². The molecule has 2 N–H and O–H groups in total. The molecule has 6 nitrogen and oxygen atoms in total. The van der Waals surface area contributed by atoms with E-state index >= 15 is 0 Å². The molecule has 0 fully saturated rings. The Labute approximate surface area is 130 Å². The van der Waals surface area contributed by atoms with Crippen LogP contribution in [0.5, 0.6) is 5.75 Å². The third kappa shape index (κ3) is 6.89. The molecule has 0 heterocycles. The van der Waals surface area contributed by atoms with Crippen molar-refractivity contribution in [2.24, 2.45) is 0 Å². The van der Waals surface area contributed by atoms with Gasteiger partial charge in [0, 0.05) is 0 Å². The predicted molar refractivity (Wildman–Crippen MR) is 85.0 cm³/mol. The van der Waals surface area contributed by atoms with E-state index < -0.39 is 13.5 Å². The molecule has 1 unspecified atom stereocenters. The Morgan fingerprint density at radius 2 is 2.05 bits per heavy atom. The lowest BCUT2D eigenvalue weighted by Crippen LogP contribution is -2.25. The number of methoxy groups -OCH3 is 1. The first-order valence-corrected chi connectivity index (χ1v) is 8.72. The Morgan fingerprint density at radius 1 is 1.36 bits per heavy atom. The van der Waals surface area contributed by atoms with E-state index in [1.807, 2.05) is 6.07 Å². The van der Waals surface area contributed by atoms with Crippen LogP contribution in [0.1, 0.15) is 13.3 Å². The van der Waals surface area contributed by atoms with Crippen LogP contribution in [0.4, 0.5) is 0 Å². The maximum Gasteiger partial charge on any atom is 0.320 e. The molecule has 0 aliphatic carbocycles. The van der Waals surface area contributed by atoms with Gasteiger partial charge in [-0.1, -0.05) is 29.8 Å². The number of aliphatic hydroxyl groups excluding tert-OH is 1. The van der Waals surface area contributed by atoms with Crippen molar-refractivity contribution in [3.8, 4) is 5.75 Å². The number of hydrogen-bond donors (Lipinski definition) is 2. The second-order valence-corrected chi connectivity index (χ2v) is 7.00. The van der Waals surface area contributed by atoms with E-state index in [0.717, 1.165) is 5.57 Å². The Kier molecular flexibility index (Phi) is 7.88. The highest BCUT2D eigenvalue weighted by atomic mass is 31.2. The van der Waals surface area contributed by atoms with E-state index in [1.54, 1.807) is 37.3 Å². The van der Waals surface area contributed by atoms with Gasteiger partial charge < -0.3 is 14.4 Å². The average molecular weight is 327 g/mol. The monoisotopic (exact) mass is 327 g/mol. The number of para-hydroxylation sites is 1. The van der Waals surface area contributed by atoms with Crippen molar-refractivity contribution >= 4 is 13.5 Å². The van der Waals surface area contributed by atoms with Crippen LogP contribution in [-0.4, -0.2) is 37.5 Å². The van der Waals surface area contributed by atoms with Gasteiger partial charge in [0.05, 0.1) is 19.9 Å². The molecule has 7 heteroatoms. The first-order chi connectivity index (χ1) is 10.5. The van der Waals surface area contributed by atoms with Crippen molar-refractivity contribution in [2.75, 3.05) is 26.4 Å². The zero-order chi connectivity index (χ0) is 16.4. The van der Waals surface area contributed by atoms with Crippen LogP contribution in [-0.2, 0) is 14.1 Å². The molecule has 122 valence electrons. The SMILES string of the molecule is COC(=O)CNP(=O)(CC/C=C(\C)CO)Oc1ccccc1. The molecular weight excluding hydrogens is 305 g/mol. The summed E-state index contributed by atoms with van der Waals surface area (Å²) in [6, 6.07) is 8.77. The largest absolute Gasteiger partial charge is 0.468 e. The number of esters is 1. The van der Waals surface area contributed by atoms with Gasteiger partial charge in [-0.3, -0.25) is 9.36 Å². The molecule has 0 aliphatic heterocycles. The van der Waals surface area contributed by atoms with Crippen LogP contribution in [0, 0.1) is 0 Å². The number of carbonyl (C=O) groups excluding carboxylic acids is 1. The van der Waals surface area contributed by atoms with E-state index in [4.69, 9.17) is 9.63 Å². The highest BCUT2D eigenvalue weighted by Gasteiger charge is 2.24. The van der Waals surface area contributed by atoms with Gasteiger partial charge in [0.2, 0.25) is 0 Å². The van der Waals surface area contributed by atoms with Crippen LogP contribution in [0.15, 0.2) is 42.0 Å². The summed E-state index contributed by atoms with van der Waals surface area (Å²) < 4.78 is 22.9. The number of allylic oxidation sites excluding steroid dienone is 1. The van der Waals surface area contributed by atoms with E-state index in [-0.39, 0.29) is 19.3 Å². The number of carbonyl (C=O) groups is 1. The Hall–Kier alpha value is -1.62. The molecule has 22 heavy (non-hydrogen) atoms. The molecule has 0 aliphatic rings. The van der Waals surface area contributed by atoms with Gasteiger partial charge >= 0.3 is 13.5 Å². The number of rotatable bonds is 9. The maximum absolute atomic E-state index is 12.8. The minimum Gasteiger partial charge on any atom is -0.468 e. The van der Waals surface area contributed by atoms with E-state index in [1.165, 1.54) is 7.11 Å². The number of hydrogen-bond acceptors (Lipinski definition) is 5. The summed E-state index contributed by atoms with van der Waals surface area (Å²) in [6.07, 6.45) is 2.46. The van der Waals surface area contributed by atoms with Crippen molar-refractivity contribution in [3.63, 3.8) is 0 Å². The van der Waals surface area contributed by atoms with Gasteiger partial charge in [-0.2, -0.15) is 0 Å². The molecule has 0 aromatic heterocycles. The lowest BCUT2D eigenvalue weighted by molar-refractivity contribution is -0.139. The van der Waals surface area contributed by atoms with Crippen molar-refractivity contribution in [3.05, 3.63) is 42.0 Å². The van der Waals surface area contributed by atoms with Gasteiger partial charge in [-0.25, -0.2) is 5.09 Å². The van der Waals surface area contributed by atoms with Gasteiger partial charge in [0.15, 0.2) is 0 Å². The Bertz CT molecular complexity index is 544. The zero-order valence-electron chi connectivity index (χ0n) is 12.8. The topological polar surface area (TPSA) is 84.9 Å². The molecule has 1 rings (SSSR count). The minimum atomic E-state index is -3.25. The lowest BCUT2D eigenvalue weighted by Gasteiger charge is -2.19. The van der Waals surface area contributed by atoms with Crippen LogP contribution in [0.3, 0.4) is 0 Å². The summed E-state index contributed by atoms with van der Waals surface area (Å²) in [7, 11) is -1.99. The molecule has 0 bridgehead atoms. The fourth-order valence-corrected chi connectivity index (χ4v) is 3.23. The summed E-state index contributed by atoms with van der Waals surface area (Å²) in [6.45, 7) is 1.55. The third-order valence-corrected chi connectivity index (χ3v) is 4.85. The third-order valence-electron chi connectivity index (χ3n) is 2.85. The second-order valence-electron chi connectivity index (χ2n) is 4.71. The van der Waals surface area contributed by atoms with E-state index in [2.05, 4.69) is 9.82 Å². The normalized spacial score (nSPS) is 14.2. The number of benzene rings is 1. The molecule has 0 saturated carbocycles. The molecule has 0 amide bonds. The zero-order valence-corrected chi connectivity index (χ0v) is 13.7. The molecule has 1 aromatic carbocycles. The van der Waals surface area contributed by atoms with Gasteiger partial charge in [-0.15, -0.1) is 0 Å². The summed E-state index contributed by atoms with van der Waals surface area (Å²) in [5, 5.41) is 11.6. The van der Waals surface area contributed by atoms with Crippen LogP contribution in [0.25, 0.3) is 0 Å². The Morgan fingerprint density at radius 3 is 2.64 bits per heavy atom. The molecule has 0 spiro atoms. The van der Waals surface area contributed by atoms with Crippen molar-refractivity contribution in [1.82, 2.24) is 5.09 Å². The average Bonchev–Trinajstić information content (AvgIpc) is 2.53. The predicted octanol–water partition coefficient (Wildman–Crippen LogP) is 2.35. The van der Waals surface area contributed by atoms with Gasteiger partial charge in [-0.05, 0) is 25.5 Å². The smallest absolute Gasteiger partial charge is 0.320 e. The summed E-state index contributed by atoms with van der Waals surface area (Å²) in [4.78, 5) is 11.2. The van der Waals surface area contributed by atoms with E-state index in [9.17, 15) is 9.36 Å². The van der Waals surface area contributed by atoms with Crippen LogP contribution in [0.2, 0.25) is 0 Å². The number of ether oxygens (including phenoxy) is 1. The summed E-state index contributed by atoms with van der Waals surface area (Å²) >= 11 is 0. The maximum atomic E-state index is 12.8. The Balaban J connectivity index is 2.75. The van der Waals surface area contributed by atoms with Gasteiger partial charge in [0.25, 0.3) is 0 Å². The number of aliphatic hydroxyl groups is 1. The standard InChI is InChI=1S/C15H22NO5P/c1-13(12-17)7-6-10-22(19,16-11-15(18)20-2)21-14-8-4-3-5-9-14/h3-5,7-9,17H,6,10-12H2,1-2H3,(H,16,19)/b13-7+. The second kappa shape index (κ2) is 9.41. The summed E-state index contributed by atoms with van der Waals surface area (Å²) in [5.41, 5.74) is 0.791. The highest BCUT2D eigenvalue weighted by molar-refractivity contribution is 7.57. The fourth-order valence-electron chi connectivity index (χ4n) is 1.61. The molecule has 0 radical (unpaired) electrons.